The zero-order valence-corrected chi connectivity index (χ0v) is 9.93. The Morgan fingerprint density at radius 1 is 1.47 bits per heavy atom. The van der Waals surface area contributed by atoms with Crippen molar-refractivity contribution in [3.8, 4) is 11.5 Å². The standard InChI is InChI=1S/C13H16O4/c1-13(2,12(15)16)9-5-8-3-4-10(14)6-11(8)17-7-9/h3-4,6,9,14H,5,7H2,1-2H3,(H,15,16). The minimum Gasteiger partial charge on any atom is -0.508 e. The fraction of sp³-hybridized carbons (Fsp3) is 0.462. The number of carbonyl (C=O) groups is 1. The molecule has 0 radical (unpaired) electrons. The van der Waals surface area contributed by atoms with Crippen LogP contribution in [0.3, 0.4) is 0 Å². The Hall–Kier alpha value is -1.71. The van der Waals surface area contributed by atoms with Crippen molar-refractivity contribution < 1.29 is 19.7 Å². The molecule has 1 aromatic carbocycles. The van der Waals surface area contributed by atoms with Gasteiger partial charge in [0.25, 0.3) is 0 Å². The smallest absolute Gasteiger partial charge is 0.309 e. The maximum atomic E-state index is 11.2. The number of ether oxygens (including phenoxy) is 1. The lowest BCUT2D eigenvalue weighted by atomic mass is 9.75. The fourth-order valence-electron chi connectivity index (χ4n) is 2.00. The number of aromatic hydroxyl groups is 1. The number of phenols is 1. The SMILES string of the molecule is CC(C)(C(=O)O)C1COc2cc(O)ccc2C1. The van der Waals surface area contributed by atoms with Crippen LogP contribution in [0.4, 0.5) is 0 Å². The summed E-state index contributed by atoms with van der Waals surface area (Å²) in [4.78, 5) is 11.2. The lowest BCUT2D eigenvalue weighted by Crippen LogP contribution is -2.39. The predicted molar refractivity (Wildman–Crippen MR) is 62.2 cm³/mol. The Labute approximate surface area is 99.8 Å². The van der Waals surface area contributed by atoms with E-state index in [4.69, 9.17) is 4.74 Å². The van der Waals surface area contributed by atoms with Crippen LogP contribution >= 0.6 is 0 Å². The highest BCUT2D eigenvalue weighted by atomic mass is 16.5. The monoisotopic (exact) mass is 236 g/mol. The molecule has 1 unspecified atom stereocenters. The third-order valence-corrected chi connectivity index (χ3v) is 3.53. The number of phenolic OH excluding ortho intramolecular Hbond substituents is 1. The highest BCUT2D eigenvalue weighted by Crippen LogP contribution is 2.38. The quantitative estimate of drug-likeness (QED) is 0.824. The third-order valence-electron chi connectivity index (χ3n) is 3.53. The van der Waals surface area contributed by atoms with Crippen molar-refractivity contribution in [1.29, 1.82) is 0 Å². The molecule has 0 spiro atoms. The van der Waals surface area contributed by atoms with Gasteiger partial charge in [0.05, 0.1) is 12.0 Å². The zero-order valence-electron chi connectivity index (χ0n) is 9.93. The van der Waals surface area contributed by atoms with Crippen molar-refractivity contribution in [2.24, 2.45) is 11.3 Å². The van der Waals surface area contributed by atoms with Crippen molar-refractivity contribution in [3.63, 3.8) is 0 Å². The molecule has 1 aliphatic heterocycles. The van der Waals surface area contributed by atoms with Gasteiger partial charge in [0.2, 0.25) is 0 Å². The highest BCUT2D eigenvalue weighted by Gasteiger charge is 2.39. The first-order valence-electron chi connectivity index (χ1n) is 5.59. The molecule has 4 heteroatoms. The van der Waals surface area contributed by atoms with Crippen molar-refractivity contribution >= 4 is 5.97 Å². The molecular weight excluding hydrogens is 220 g/mol. The van der Waals surface area contributed by atoms with E-state index in [-0.39, 0.29) is 11.7 Å². The van der Waals surface area contributed by atoms with E-state index < -0.39 is 11.4 Å². The van der Waals surface area contributed by atoms with Gasteiger partial charge >= 0.3 is 5.97 Å². The summed E-state index contributed by atoms with van der Waals surface area (Å²) in [5.74, 6) is -0.0486. The minimum atomic E-state index is -0.812. The number of hydrogen-bond donors (Lipinski definition) is 2. The Kier molecular flexibility index (Phi) is 2.73. The number of aliphatic carboxylic acids is 1. The van der Waals surface area contributed by atoms with Gasteiger partial charge < -0.3 is 14.9 Å². The number of hydrogen-bond acceptors (Lipinski definition) is 3. The number of carboxylic acid groups (broad SMARTS) is 1. The van der Waals surface area contributed by atoms with Crippen molar-refractivity contribution in [1.82, 2.24) is 0 Å². The van der Waals surface area contributed by atoms with Gasteiger partial charge in [-0.05, 0) is 31.9 Å². The summed E-state index contributed by atoms with van der Waals surface area (Å²) in [7, 11) is 0. The predicted octanol–water partition coefficient (Wildman–Crippen LogP) is 2.05. The van der Waals surface area contributed by atoms with Gasteiger partial charge in [-0.3, -0.25) is 4.79 Å². The normalized spacial score (nSPS) is 19.3. The summed E-state index contributed by atoms with van der Waals surface area (Å²) in [6.07, 6.45) is 0.662. The van der Waals surface area contributed by atoms with Crippen LogP contribution in [-0.4, -0.2) is 22.8 Å². The van der Waals surface area contributed by atoms with E-state index >= 15 is 0 Å². The second kappa shape index (κ2) is 3.95. The topological polar surface area (TPSA) is 66.8 Å². The zero-order chi connectivity index (χ0) is 12.6. The van der Waals surface area contributed by atoms with Crippen LogP contribution in [-0.2, 0) is 11.2 Å². The van der Waals surface area contributed by atoms with Crippen molar-refractivity contribution in [2.75, 3.05) is 6.61 Å². The molecule has 0 aliphatic carbocycles. The second-order valence-electron chi connectivity index (χ2n) is 5.03. The Morgan fingerprint density at radius 3 is 2.82 bits per heavy atom. The molecule has 1 heterocycles. The Morgan fingerprint density at radius 2 is 2.18 bits per heavy atom. The van der Waals surface area contributed by atoms with Gasteiger partial charge in [-0.2, -0.15) is 0 Å². The van der Waals surface area contributed by atoms with Gasteiger partial charge in [-0.25, -0.2) is 0 Å². The average molecular weight is 236 g/mol. The maximum absolute atomic E-state index is 11.2. The lowest BCUT2D eigenvalue weighted by molar-refractivity contribution is -0.151. The van der Waals surface area contributed by atoms with E-state index in [0.717, 1.165) is 5.56 Å². The molecule has 92 valence electrons. The van der Waals surface area contributed by atoms with Crippen LogP contribution in [0.5, 0.6) is 11.5 Å². The van der Waals surface area contributed by atoms with E-state index in [9.17, 15) is 15.0 Å². The fourth-order valence-corrected chi connectivity index (χ4v) is 2.00. The lowest BCUT2D eigenvalue weighted by Gasteiger charge is -2.34. The van der Waals surface area contributed by atoms with E-state index in [1.54, 1.807) is 32.0 Å². The molecule has 0 bridgehead atoms. The van der Waals surface area contributed by atoms with E-state index in [1.807, 2.05) is 0 Å². The number of carboxylic acids is 1. The van der Waals surface area contributed by atoms with Crippen LogP contribution < -0.4 is 4.74 Å². The first kappa shape index (κ1) is 11.8. The summed E-state index contributed by atoms with van der Waals surface area (Å²) in [5, 5.41) is 18.5. The van der Waals surface area contributed by atoms with Crippen LogP contribution in [0.25, 0.3) is 0 Å². The molecule has 1 aromatic rings. The number of fused-ring (bicyclic) bond motifs is 1. The molecule has 0 aromatic heterocycles. The summed E-state index contributed by atoms with van der Waals surface area (Å²) in [6.45, 7) is 3.80. The summed E-state index contributed by atoms with van der Waals surface area (Å²) < 4.78 is 5.53. The molecule has 17 heavy (non-hydrogen) atoms. The van der Waals surface area contributed by atoms with E-state index in [0.29, 0.717) is 18.8 Å². The Bertz CT molecular complexity index is 451. The molecule has 0 saturated heterocycles. The van der Waals surface area contributed by atoms with Crippen LogP contribution in [0.1, 0.15) is 19.4 Å². The molecule has 0 saturated carbocycles. The summed E-state index contributed by atoms with van der Waals surface area (Å²) in [5.41, 5.74) is 0.142. The molecule has 1 aliphatic rings. The van der Waals surface area contributed by atoms with E-state index in [2.05, 4.69) is 0 Å². The van der Waals surface area contributed by atoms with Crippen molar-refractivity contribution in [2.45, 2.75) is 20.3 Å². The largest absolute Gasteiger partial charge is 0.508 e. The van der Waals surface area contributed by atoms with Gasteiger partial charge in [0, 0.05) is 12.0 Å². The molecule has 2 N–H and O–H groups in total. The minimum absolute atomic E-state index is 0.0583. The van der Waals surface area contributed by atoms with E-state index in [1.165, 1.54) is 0 Å². The van der Waals surface area contributed by atoms with Gasteiger partial charge in [-0.15, -0.1) is 0 Å². The molecule has 0 amide bonds. The summed E-state index contributed by atoms with van der Waals surface area (Å²) >= 11 is 0. The van der Waals surface area contributed by atoms with Crippen molar-refractivity contribution in [3.05, 3.63) is 23.8 Å². The molecule has 1 atom stereocenters. The second-order valence-corrected chi connectivity index (χ2v) is 5.03. The van der Waals surface area contributed by atoms with Gasteiger partial charge in [0.1, 0.15) is 11.5 Å². The first-order chi connectivity index (χ1) is 7.91. The Balaban J connectivity index is 2.25. The number of rotatable bonds is 2. The maximum Gasteiger partial charge on any atom is 0.309 e. The molecule has 4 nitrogen and oxygen atoms in total. The first-order valence-corrected chi connectivity index (χ1v) is 5.59. The molecule has 2 rings (SSSR count). The van der Waals surface area contributed by atoms with Crippen LogP contribution in [0.15, 0.2) is 18.2 Å². The van der Waals surface area contributed by atoms with Crippen LogP contribution in [0, 0.1) is 11.3 Å². The van der Waals surface area contributed by atoms with Gasteiger partial charge in [0.15, 0.2) is 0 Å². The molecule has 0 fully saturated rings. The highest BCUT2D eigenvalue weighted by molar-refractivity contribution is 5.74. The summed E-state index contributed by atoms with van der Waals surface area (Å²) in [6, 6.07) is 4.95. The average Bonchev–Trinajstić information content (AvgIpc) is 2.28. The molecular formula is C13H16O4. The van der Waals surface area contributed by atoms with Gasteiger partial charge in [-0.1, -0.05) is 6.07 Å². The number of benzene rings is 1. The third kappa shape index (κ3) is 2.07. The van der Waals surface area contributed by atoms with Crippen LogP contribution in [0.2, 0.25) is 0 Å².